The predicted octanol–water partition coefficient (Wildman–Crippen LogP) is 1.01. The number of fused-ring (bicyclic) bond motifs is 1. The maximum absolute atomic E-state index is 13.0. The topological polar surface area (TPSA) is 64.4 Å². The minimum Gasteiger partial charge on any atom is -0.365 e. The lowest BCUT2D eigenvalue weighted by atomic mass is 9.97. The van der Waals surface area contributed by atoms with Crippen molar-refractivity contribution in [2.75, 3.05) is 13.2 Å². The number of nitrogens with zero attached hydrogens (tertiary/aromatic N) is 3. The van der Waals surface area contributed by atoms with E-state index < -0.39 is 5.60 Å². The molecule has 6 nitrogen and oxygen atoms in total. The SMILES string of the molecule is CCOC1(C(=O)N2CCc3nn(C)c(=O)cc3C2)CCCC1. The molecular weight excluding hydrogens is 282 g/mol. The van der Waals surface area contributed by atoms with E-state index in [0.717, 1.165) is 36.9 Å². The van der Waals surface area contributed by atoms with Crippen LogP contribution in [0, 0.1) is 0 Å². The normalized spacial score (nSPS) is 20.0. The van der Waals surface area contributed by atoms with Gasteiger partial charge in [0.1, 0.15) is 5.60 Å². The number of carbonyl (C=O) groups excluding carboxylic acids is 1. The van der Waals surface area contributed by atoms with Crippen molar-refractivity contribution >= 4 is 5.91 Å². The molecule has 120 valence electrons. The van der Waals surface area contributed by atoms with Gasteiger partial charge in [-0.1, -0.05) is 0 Å². The first-order valence-corrected chi connectivity index (χ1v) is 8.05. The van der Waals surface area contributed by atoms with Gasteiger partial charge in [0.2, 0.25) is 0 Å². The van der Waals surface area contributed by atoms with Crippen LogP contribution >= 0.6 is 0 Å². The summed E-state index contributed by atoms with van der Waals surface area (Å²) in [6, 6.07) is 1.60. The van der Waals surface area contributed by atoms with Gasteiger partial charge in [0.05, 0.1) is 5.69 Å². The Labute approximate surface area is 130 Å². The van der Waals surface area contributed by atoms with Gasteiger partial charge < -0.3 is 9.64 Å². The van der Waals surface area contributed by atoms with Crippen molar-refractivity contribution in [1.82, 2.24) is 14.7 Å². The molecule has 0 radical (unpaired) electrons. The standard InChI is InChI=1S/C16H23N3O3/c1-3-22-16(7-4-5-8-16)15(21)19-9-6-13-12(11-19)10-14(20)18(2)17-13/h10H,3-9,11H2,1-2H3. The van der Waals surface area contributed by atoms with Crippen LogP contribution in [0.3, 0.4) is 0 Å². The van der Waals surface area contributed by atoms with Crippen molar-refractivity contribution in [3.05, 3.63) is 27.7 Å². The maximum Gasteiger partial charge on any atom is 0.266 e. The quantitative estimate of drug-likeness (QED) is 0.836. The highest BCUT2D eigenvalue weighted by molar-refractivity contribution is 5.85. The summed E-state index contributed by atoms with van der Waals surface area (Å²) in [5.41, 5.74) is 1.02. The summed E-state index contributed by atoms with van der Waals surface area (Å²) in [6.07, 6.45) is 4.38. The highest BCUT2D eigenvalue weighted by Crippen LogP contribution is 2.36. The molecule has 6 heteroatoms. The zero-order chi connectivity index (χ0) is 15.7. The largest absolute Gasteiger partial charge is 0.365 e. The van der Waals surface area contributed by atoms with Crippen LogP contribution in [0.25, 0.3) is 0 Å². The van der Waals surface area contributed by atoms with Gasteiger partial charge in [-0.15, -0.1) is 0 Å². The molecule has 1 aromatic rings. The second-order valence-corrected chi connectivity index (χ2v) is 6.19. The van der Waals surface area contributed by atoms with Crippen LogP contribution in [-0.4, -0.2) is 39.3 Å². The zero-order valence-electron chi connectivity index (χ0n) is 13.3. The third kappa shape index (κ3) is 2.56. The molecular formula is C16H23N3O3. The van der Waals surface area contributed by atoms with Crippen molar-refractivity contribution in [3.63, 3.8) is 0 Å². The Morgan fingerprint density at radius 2 is 2.14 bits per heavy atom. The third-order valence-electron chi connectivity index (χ3n) is 4.75. The van der Waals surface area contributed by atoms with E-state index in [-0.39, 0.29) is 11.5 Å². The van der Waals surface area contributed by atoms with E-state index in [2.05, 4.69) is 5.10 Å². The molecule has 1 aliphatic heterocycles. The summed E-state index contributed by atoms with van der Waals surface area (Å²) in [6.45, 7) is 3.60. The number of aryl methyl sites for hydroxylation is 1. The highest BCUT2D eigenvalue weighted by Gasteiger charge is 2.45. The molecule has 1 aromatic heterocycles. The molecule has 2 aliphatic rings. The number of amides is 1. The lowest BCUT2D eigenvalue weighted by Crippen LogP contribution is -2.51. The summed E-state index contributed by atoms with van der Waals surface area (Å²) in [5, 5.41) is 4.29. The van der Waals surface area contributed by atoms with Gasteiger partial charge >= 0.3 is 0 Å². The van der Waals surface area contributed by atoms with Gasteiger partial charge in [-0.3, -0.25) is 9.59 Å². The molecule has 1 aliphatic carbocycles. The zero-order valence-corrected chi connectivity index (χ0v) is 13.3. The Bertz CT molecular complexity index is 632. The molecule has 1 fully saturated rings. The van der Waals surface area contributed by atoms with E-state index in [0.29, 0.717) is 26.1 Å². The minimum absolute atomic E-state index is 0.0816. The van der Waals surface area contributed by atoms with Crippen molar-refractivity contribution in [2.45, 2.75) is 51.2 Å². The minimum atomic E-state index is -0.639. The smallest absolute Gasteiger partial charge is 0.266 e. The lowest BCUT2D eigenvalue weighted by molar-refractivity contribution is -0.158. The second kappa shape index (κ2) is 5.83. The average molecular weight is 305 g/mol. The first-order valence-electron chi connectivity index (χ1n) is 8.05. The van der Waals surface area contributed by atoms with E-state index in [1.54, 1.807) is 13.1 Å². The number of carbonyl (C=O) groups is 1. The Hall–Kier alpha value is -1.69. The number of hydrogen-bond acceptors (Lipinski definition) is 4. The van der Waals surface area contributed by atoms with Crippen LogP contribution in [-0.2, 0) is 29.5 Å². The molecule has 1 saturated carbocycles. The van der Waals surface area contributed by atoms with Crippen molar-refractivity contribution in [1.29, 1.82) is 0 Å². The van der Waals surface area contributed by atoms with E-state index in [1.807, 2.05) is 11.8 Å². The summed E-state index contributed by atoms with van der Waals surface area (Å²) >= 11 is 0. The number of ether oxygens (including phenoxy) is 1. The van der Waals surface area contributed by atoms with Crippen molar-refractivity contribution in [2.24, 2.45) is 7.05 Å². The van der Waals surface area contributed by atoms with Gasteiger partial charge in [-0.05, 0) is 32.6 Å². The first-order chi connectivity index (χ1) is 10.6. The van der Waals surface area contributed by atoms with Crippen molar-refractivity contribution in [3.8, 4) is 0 Å². The second-order valence-electron chi connectivity index (χ2n) is 6.19. The van der Waals surface area contributed by atoms with E-state index in [9.17, 15) is 9.59 Å². The van der Waals surface area contributed by atoms with Gasteiger partial charge in [-0.25, -0.2) is 4.68 Å². The molecule has 0 unspecified atom stereocenters. The van der Waals surface area contributed by atoms with Crippen molar-refractivity contribution < 1.29 is 9.53 Å². The van der Waals surface area contributed by atoms with E-state index in [4.69, 9.17) is 4.74 Å². The number of aromatic nitrogens is 2. The van der Waals surface area contributed by atoms with Gasteiger partial charge in [0, 0.05) is 44.8 Å². The summed E-state index contributed by atoms with van der Waals surface area (Å²) in [7, 11) is 1.66. The Morgan fingerprint density at radius 1 is 1.41 bits per heavy atom. The first kappa shape index (κ1) is 15.2. The summed E-state index contributed by atoms with van der Waals surface area (Å²) in [5.74, 6) is 0.0816. The van der Waals surface area contributed by atoms with Crippen LogP contribution < -0.4 is 5.56 Å². The maximum atomic E-state index is 13.0. The van der Waals surface area contributed by atoms with Crippen LogP contribution in [0.15, 0.2) is 10.9 Å². The fraction of sp³-hybridized carbons (Fsp3) is 0.688. The fourth-order valence-electron chi connectivity index (χ4n) is 3.60. The van der Waals surface area contributed by atoms with Crippen LogP contribution in [0.5, 0.6) is 0 Å². The van der Waals surface area contributed by atoms with E-state index in [1.165, 1.54) is 4.68 Å². The monoisotopic (exact) mass is 305 g/mol. The Morgan fingerprint density at radius 3 is 2.82 bits per heavy atom. The average Bonchev–Trinajstić information content (AvgIpc) is 2.97. The van der Waals surface area contributed by atoms with Gasteiger partial charge in [0.25, 0.3) is 11.5 Å². The summed E-state index contributed by atoms with van der Waals surface area (Å²) in [4.78, 5) is 26.6. The van der Waals surface area contributed by atoms with E-state index >= 15 is 0 Å². The van der Waals surface area contributed by atoms with Gasteiger partial charge in [0.15, 0.2) is 0 Å². The molecule has 0 aromatic carbocycles. The predicted molar refractivity (Wildman–Crippen MR) is 81.4 cm³/mol. The number of hydrogen-bond donors (Lipinski definition) is 0. The lowest BCUT2D eigenvalue weighted by Gasteiger charge is -2.36. The fourth-order valence-corrected chi connectivity index (χ4v) is 3.60. The Balaban J connectivity index is 1.83. The molecule has 22 heavy (non-hydrogen) atoms. The third-order valence-corrected chi connectivity index (χ3v) is 4.75. The molecule has 0 saturated heterocycles. The van der Waals surface area contributed by atoms with Crippen LogP contribution in [0.2, 0.25) is 0 Å². The summed E-state index contributed by atoms with van der Waals surface area (Å²) < 4.78 is 7.22. The molecule has 3 rings (SSSR count). The Kier molecular flexibility index (Phi) is 4.04. The molecule has 0 atom stereocenters. The van der Waals surface area contributed by atoms with Gasteiger partial charge in [-0.2, -0.15) is 5.10 Å². The molecule has 0 N–H and O–H groups in total. The molecule has 2 heterocycles. The highest BCUT2D eigenvalue weighted by atomic mass is 16.5. The number of rotatable bonds is 3. The molecule has 0 spiro atoms. The molecule has 0 bridgehead atoms. The molecule has 1 amide bonds. The van der Waals surface area contributed by atoms with Crippen LogP contribution in [0.1, 0.15) is 43.9 Å². The van der Waals surface area contributed by atoms with Crippen LogP contribution in [0.4, 0.5) is 0 Å².